The molecule has 0 fully saturated rings. The fourth-order valence-corrected chi connectivity index (χ4v) is 2.21. The number of allylic oxidation sites excluding steroid dienone is 1. The smallest absolute Gasteiger partial charge is 0.00718 e. The van der Waals surface area contributed by atoms with Gasteiger partial charge in [0.2, 0.25) is 0 Å². The molecule has 13 heavy (non-hydrogen) atoms. The van der Waals surface area contributed by atoms with Crippen molar-refractivity contribution in [1.29, 1.82) is 0 Å². The zero-order valence-corrected chi connectivity index (χ0v) is 9.47. The van der Waals surface area contributed by atoms with Gasteiger partial charge in [0.1, 0.15) is 0 Å². The number of nitrogens with two attached hydrogens (primary N) is 1. The van der Waals surface area contributed by atoms with E-state index in [1.165, 1.54) is 12.8 Å². The first-order chi connectivity index (χ1) is 6.13. The van der Waals surface area contributed by atoms with Gasteiger partial charge in [0.05, 0.1) is 0 Å². The molecule has 78 valence electrons. The third kappa shape index (κ3) is 3.51. The van der Waals surface area contributed by atoms with Gasteiger partial charge in [0.15, 0.2) is 0 Å². The van der Waals surface area contributed by atoms with Crippen LogP contribution in [0.4, 0.5) is 0 Å². The Balaban J connectivity index is 4.47. The Hall–Kier alpha value is -0.300. The molecule has 1 unspecified atom stereocenters. The van der Waals surface area contributed by atoms with Crippen LogP contribution in [0.2, 0.25) is 0 Å². The second-order valence-corrected chi connectivity index (χ2v) is 4.30. The van der Waals surface area contributed by atoms with Gasteiger partial charge >= 0.3 is 0 Å². The minimum Gasteiger partial charge on any atom is -0.330 e. The van der Waals surface area contributed by atoms with Gasteiger partial charge in [-0.05, 0) is 37.1 Å². The maximum Gasteiger partial charge on any atom is -0.00718 e. The molecule has 0 heterocycles. The van der Waals surface area contributed by atoms with E-state index in [1.807, 2.05) is 6.08 Å². The maximum atomic E-state index is 5.68. The minimum atomic E-state index is 0.408. The summed E-state index contributed by atoms with van der Waals surface area (Å²) in [6.45, 7) is 11.5. The van der Waals surface area contributed by atoms with Gasteiger partial charge in [0, 0.05) is 0 Å². The zero-order chi connectivity index (χ0) is 10.3. The third-order valence-corrected chi connectivity index (χ3v) is 3.17. The van der Waals surface area contributed by atoms with Crippen molar-refractivity contribution >= 4 is 0 Å². The predicted molar refractivity (Wildman–Crippen MR) is 60.7 cm³/mol. The molecule has 1 nitrogen and oxygen atoms in total. The first kappa shape index (κ1) is 12.7. The summed E-state index contributed by atoms with van der Waals surface area (Å²) in [6, 6.07) is 0. The van der Waals surface area contributed by atoms with Crippen LogP contribution in [-0.4, -0.2) is 6.54 Å². The molecule has 0 aliphatic rings. The number of hydrogen-bond acceptors (Lipinski definition) is 1. The molecule has 0 bridgehead atoms. The summed E-state index contributed by atoms with van der Waals surface area (Å²) in [4.78, 5) is 0. The van der Waals surface area contributed by atoms with Crippen molar-refractivity contribution in [2.45, 2.75) is 46.5 Å². The highest BCUT2D eigenvalue weighted by molar-refractivity contribution is 4.88. The van der Waals surface area contributed by atoms with Crippen molar-refractivity contribution in [2.24, 2.45) is 17.1 Å². The van der Waals surface area contributed by atoms with Crippen molar-refractivity contribution in [3.05, 3.63) is 12.7 Å². The fraction of sp³-hybridized carbons (Fsp3) is 0.833. The van der Waals surface area contributed by atoms with Crippen LogP contribution in [0.5, 0.6) is 0 Å². The Bertz CT molecular complexity index is 132. The Morgan fingerprint density at radius 3 is 2.31 bits per heavy atom. The van der Waals surface area contributed by atoms with Crippen LogP contribution in [-0.2, 0) is 0 Å². The topological polar surface area (TPSA) is 26.0 Å². The molecule has 0 rings (SSSR count). The normalized spacial score (nSPS) is 15.8. The molecule has 0 spiro atoms. The lowest BCUT2D eigenvalue weighted by atomic mass is 9.69. The molecule has 0 saturated heterocycles. The van der Waals surface area contributed by atoms with Gasteiger partial charge in [-0.2, -0.15) is 0 Å². The molecule has 2 N–H and O–H groups in total. The standard InChI is InChI=1S/C12H25N/c1-5-7-12(8-6-2,9-10-13)11(3)4/h5,11H,1,6-10,13H2,2-4H3. The second kappa shape index (κ2) is 6.20. The summed E-state index contributed by atoms with van der Waals surface area (Å²) in [5, 5.41) is 0. The number of hydrogen-bond donors (Lipinski definition) is 1. The van der Waals surface area contributed by atoms with Crippen LogP contribution >= 0.6 is 0 Å². The van der Waals surface area contributed by atoms with E-state index in [1.54, 1.807) is 0 Å². The average Bonchev–Trinajstić information content (AvgIpc) is 2.05. The van der Waals surface area contributed by atoms with Crippen LogP contribution in [0.1, 0.15) is 46.5 Å². The average molecular weight is 183 g/mol. The Kier molecular flexibility index (Phi) is 6.06. The summed E-state index contributed by atoms with van der Waals surface area (Å²) >= 11 is 0. The van der Waals surface area contributed by atoms with Crippen LogP contribution in [0.3, 0.4) is 0 Å². The van der Waals surface area contributed by atoms with Crippen LogP contribution < -0.4 is 5.73 Å². The summed E-state index contributed by atoms with van der Waals surface area (Å²) < 4.78 is 0. The fourth-order valence-electron chi connectivity index (χ4n) is 2.21. The van der Waals surface area contributed by atoms with Crippen LogP contribution in [0, 0.1) is 11.3 Å². The van der Waals surface area contributed by atoms with Crippen molar-refractivity contribution in [3.63, 3.8) is 0 Å². The van der Waals surface area contributed by atoms with Crippen molar-refractivity contribution in [1.82, 2.24) is 0 Å². The second-order valence-electron chi connectivity index (χ2n) is 4.30. The zero-order valence-electron chi connectivity index (χ0n) is 9.47. The van der Waals surface area contributed by atoms with E-state index in [9.17, 15) is 0 Å². The highest BCUT2D eigenvalue weighted by Gasteiger charge is 2.30. The summed E-state index contributed by atoms with van der Waals surface area (Å²) in [6.07, 6.45) is 6.80. The molecule has 0 aliphatic carbocycles. The molecule has 1 atom stereocenters. The van der Waals surface area contributed by atoms with E-state index in [2.05, 4.69) is 27.4 Å². The van der Waals surface area contributed by atoms with E-state index in [0.29, 0.717) is 11.3 Å². The monoisotopic (exact) mass is 183 g/mol. The largest absolute Gasteiger partial charge is 0.330 e. The lowest BCUT2D eigenvalue weighted by Crippen LogP contribution is -2.29. The molecule has 0 aromatic carbocycles. The van der Waals surface area contributed by atoms with Gasteiger partial charge < -0.3 is 5.73 Å². The molecular weight excluding hydrogens is 158 g/mol. The van der Waals surface area contributed by atoms with Gasteiger partial charge in [-0.3, -0.25) is 0 Å². The van der Waals surface area contributed by atoms with Crippen LogP contribution in [0.25, 0.3) is 0 Å². The van der Waals surface area contributed by atoms with E-state index in [4.69, 9.17) is 5.73 Å². The molecule has 0 aromatic rings. The first-order valence-corrected chi connectivity index (χ1v) is 5.44. The van der Waals surface area contributed by atoms with Crippen molar-refractivity contribution < 1.29 is 0 Å². The van der Waals surface area contributed by atoms with E-state index in [-0.39, 0.29) is 0 Å². The molecule has 0 radical (unpaired) electrons. The molecular formula is C12H25N. The number of rotatable bonds is 7. The third-order valence-electron chi connectivity index (χ3n) is 3.17. The lowest BCUT2D eigenvalue weighted by molar-refractivity contribution is 0.159. The maximum absolute atomic E-state index is 5.68. The van der Waals surface area contributed by atoms with Gasteiger partial charge in [0.25, 0.3) is 0 Å². The SMILES string of the molecule is C=CCC(CCC)(CCN)C(C)C. The van der Waals surface area contributed by atoms with E-state index in [0.717, 1.165) is 19.4 Å². The quantitative estimate of drug-likeness (QED) is 0.602. The van der Waals surface area contributed by atoms with Crippen molar-refractivity contribution in [3.8, 4) is 0 Å². The highest BCUT2D eigenvalue weighted by Crippen LogP contribution is 2.39. The van der Waals surface area contributed by atoms with Gasteiger partial charge in [-0.1, -0.05) is 33.3 Å². The molecule has 0 amide bonds. The summed E-state index contributed by atoms with van der Waals surface area (Å²) in [5.41, 5.74) is 6.09. The summed E-state index contributed by atoms with van der Waals surface area (Å²) in [5.74, 6) is 0.703. The van der Waals surface area contributed by atoms with Crippen LogP contribution in [0.15, 0.2) is 12.7 Å². The Labute approximate surface area is 83.4 Å². The Morgan fingerprint density at radius 1 is 1.38 bits per heavy atom. The predicted octanol–water partition coefficient (Wildman–Crippen LogP) is 3.35. The van der Waals surface area contributed by atoms with E-state index < -0.39 is 0 Å². The molecule has 0 aromatic heterocycles. The molecule has 1 heteroatoms. The first-order valence-electron chi connectivity index (χ1n) is 5.44. The highest BCUT2D eigenvalue weighted by atomic mass is 14.5. The van der Waals surface area contributed by atoms with Gasteiger partial charge in [-0.25, -0.2) is 0 Å². The Morgan fingerprint density at radius 2 is 2.00 bits per heavy atom. The van der Waals surface area contributed by atoms with Gasteiger partial charge in [-0.15, -0.1) is 6.58 Å². The van der Waals surface area contributed by atoms with Crippen molar-refractivity contribution in [2.75, 3.05) is 6.54 Å². The molecule has 0 saturated carbocycles. The molecule has 0 aliphatic heterocycles. The summed E-state index contributed by atoms with van der Waals surface area (Å²) in [7, 11) is 0. The lowest BCUT2D eigenvalue weighted by Gasteiger charge is -2.36. The van der Waals surface area contributed by atoms with E-state index >= 15 is 0 Å². The minimum absolute atomic E-state index is 0.408.